The third-order valence-electron chi connectivity index (χ3n) is 1.63. The van der Waals surface area contributed by atoms with Gasteiger partial charge in [-0.2, -0.15) is 4.80 Å². The van der Waals surface area contributed by atoms with Crippen molar-refractivity contribution in [3.63, 3.8) is 0 Å². The van der Waals surface area contributed by atoms with Crippen molar-refractivity contribution in [2.75, 3.05) is 13.1 Å². The molecule has 1 heterocycles. The second kappa shape index (κ2) is 4.91. The van der Waals surface area contributed by atoms with E-state index in [4.69, 9.17) is 0 Å². The van der Waals surface area contributed by atoms with Crippen molar-refractivity contribution in [2.24, 2.45) is 13.0 Å². The fourth-order valence-electron chi connectivity index (χ4n) is 1.01. The zero-order chi connectivity index (χ0) is 9.68. The number of aryl methyl sites for hydroxylation is 1. The maximum Gasteiger partial charge on any atom is 0.176 e. The summed E-state index contributed by atoms with van der Waals surface area (Å²) in [5.41, 5.74) is 0. The summed E-state index contributed by atoms with van der Waals surface area (Å²) in [5, 5.41) is 15.1. The lowest BCUT2D eigenvalue weighted by Gasteiger charge is -2.04. The molecule has 0 radical (unpaired) electrons. The Morgan fingerprint density at radius 2 is 2.23 bits per heavy atom. The molecule has 0 aliphatic heterocycles. The molecule has 74 valence electrons. The highest BCUT2D eigenvalue weighted by atomic mass is 15.6. The van der Waals surface area contributed by atoms with Gasteiger partial charge >= 0.3 is 0 Å². The van der Waals surface area contributed by atoms with Gasteiger partial charge in [0, 0.05) is 13.0 Å². The molecule has 13 heavy (non-hydrogen) atoms. The zero-order valence-electron chi connectivity index (χ0n) is 8.49. The van der Waals surface area contributed by atoms with Crippen molar-refractivity contribution >= 4 is 0 Å². The molecule has 1 rings (SSSR count). The van der Waals surface area contributed by atoms with Crippen LogP contribution in [-0.4, -0.2) is 33.3 Å². The summed E-state index contributed by atoms with van der Waals surface area (Å²) in [4.78, 5) is 1.48. The highest BCUT2D eigenvalue weighted by Gasteiger charge is 1.99. The highest BCUT2D eigenvalue weighted by molar-refractivity contribution is 4.77. The lowest BCUT2D eigenvalue weighted by atomic mass is 10.2. The lowest BCUT2D eigenvalue weighted by molar-refractivity contribution is 0.549. The van der Waals surface area contributed by atoms with Crippen LogP contribution in [0, 0.1) is 5.92 Å². The quantitative estimate of drug-likeness (QED) is 0.653. The standard InChI is InChI=1S/C8H17N5/c1-7(2)6-9-5-4-8-10-12-13(3)11-8/h7,9H,4-6H2,1-3H3. The van der Waals surface area contributed by atoms with Gasteiger partial charge in [0.15, 0.2) is 5.82 Å². The molecule has 0 spiro atoms. The molecule has 0 aliphatic carbocycles. The summed E-state index contributed by atoms with van der Waals surface area (Å²) in [6, 6.07) is 0. The van der Waals surface area contributed by atoms with Gasteiger partial charge in [-0.15, -0.1) is 10.2 Å². The number of hydrogen-bond acceptors (Lipinski definition) is 4. The van der Waals surface area contributed by atoms with E-state index in [-0.39, 0.29) is 0 Å². The second-order valence-electron chi connectivity index (χ2n) is 3.54. The Balaban J connectivity index is 2.13. The van der Waals surface area contributed by atoms with Crippen LogP contribution < -0.4 is 5.32 Å². The van der Waals surface area contributed by atoms with Crippen molar-refractivity contribution in [3.05, 3.63) is 5.82 Å². The first kappa shape index (κ1) is 10.1. The van der Waals surface area contributed by atoms with Crippen LogP contribution >= 0.6 is 0 Å². The van der Waals surface area contributed by atoms with E-state index in [2.05, 4.69) is 34.6 Å². The summed E-state index contributed by atoms with van der Waals surface area (Å²) in [7, 11) is 1.78. The number of hydrogen-bond donors (Lipinski definition) is 1. The Morgan fingerprint density at radius 3 is 2.77 bits per heavy atom. The third-order valence-corrected chi connectivity index (χ3v) is 1.63. The fourth-order valence-corrected chi connectivity index (χ4v) is 1.01. The Kier molecular flexibility index (Phi) is 3.82. The predicted molar refractivity (Wildman–Crippen MR) is 50.2 cm³/mol. The van der Waals surface area contributed by atoms with Gasteiger partial charge in [-0.25, -0.2) is 0 Å². The lowest BCUT2D eigenvalue weighted by Crippen LogP contribution is -2.22. The van der Waals surface area contributed by atoms with E-state index < -0.39 is 0 Å². The number of nitrogens with one attached hydrogen (secondary N) is 1. The largest absolute Gasteiger partial charge is 0.316 e. The Morgan fingerprint density at radius 1 is 1.46 bits per heavy atom. The second-order valence-corrected chi connectivity index (χ2v) is 3.54. The monoisotopic (exact) mass is 183 g/mol. The van der Waals surface area contributed by atoms with Gasteiger partial charge in [-0.3, -0.25) is 0 Å². The molecule has 0 unspecified atom stereocenters. The van der Waals surface area contributed by atoms with E-state index in [0.29, 0.717) is 5.92 Å². The van der Waals surface area contributed by atoms with E-state index in [1.165, 1.54) is 4.80 Å². The minimum atomic E-state index is 0.690. The molecule has 0 aromatic carbocycles. The molecule has 0 bridgehead atoms. The Hall–Kier alpha value is -0.970. The van der Waals surface area contributed by atoms with Gasteiger partial charge in [-0.05, 0) is 17.7 Å². The molecule has 1 N–H and O–H groups in total. The van der Waals surface area contributed by atoms with E-state index in [0.717, 1.165) is 25.3 Å². The van der Waals surface area contributed by atoms with Crippen LogP contribution in [0.4, 0.5) is 0 Å². The van der Waals surface area contributed by atoms with Crippen LogP contribution in [0.5, 0.6) is 0 Å². The van der Waals surface area contributed by atoms with E-state index >= 15 is 0 Å². The zero-order valence-corrected chi connectivity index (χ0v) is 8.49. The summed E-state index contributed by atoms with van der Waals surface area (Å²) in [6.07, 6.45) is 0.848. The van der Waals surface area contributed by atoms with Crippen molar-refractivity contribution in [1.29, 1.82) is 0 Å². The summed E-state index contributed by atoms with van der Waals surface area (Å²) >= 11 is 0. The van der Waals surface area contributed by atoms with Crippen molar-refractivity contribution < 1.29 is 0 Å². The molecule has 5 nitrogen and oxygen atoms in total. The number of nitrogens with zero attached hydrogens (tertiary/aromatic N) is 4. The van der Waals surface area contributed by atoms with Gasteiger partial charge in [-0.1, -0.05) is 13.8 Å². The molecule has 0 atom stereocenters. The molecule has 1 aromatic rings. The summed E-state index contributed by atoms with van der Waals surface area (Å²) < 4.78 is 0. The van der Waals surface area contributed by atoms with Crippen LogP contribution in [0.25, 0.3) is 0 Å². The normalized spacial score (nSPS) is 11.1. The van der Waals surface area contributed by atoms with Crippen LogP contribution in [0.1, 0.15) is 19.7 Å². The number of aromatic nitrogens is 4. The van der Waals surface area contributed by atoms with Crippen molar-refractivity contribution in [3.8, 4) is 0 Å². The fraction of sp³-hybridized carbons (Fsp3) is 0.875. The SMILES string of the molecule is CC(C)CNCCc1nnn(C)n1. The van der Waals surface area contributed by atoms with Gasteiger partial charge in [0.1, 0.15) is 0 Å². The number of rotatable bonds is 5. The molecule has 0 saturated carbocycles. The Labute approximate surface area is 78.5 Å². The van der Waals surface area contributed by atoms with Crippen LogP contribution in [0.15, 0.2) is 0 Å². The maximum atomic E-state index is 4.08. The maximum absolute atomic E-state index is 4.08. The van der Waals surface area contributed by atoms with Gasteiger partial charge in [0.2, 0.25) is 0 Å². The number of tetrazole rings is 1. The first-order chi connectivity index (χ1) is 6.18. The first-order valence-electron chi connectivity index (χ1n) is 4.62. The van der Waals surface area contributed by atoms with Crippen LogP contribution in [0.3, 0.4) is 0 Å². The molecule has 1 aromatic heterocycles. The average Bonchev–Trinajstić information content (AvgIpc) is 2.45. The molecule has 0 amide bonds. The van der Waals surface area contributed by atoms with E-state index in [9.17, 15) is 0 Å². The van der Waals surface area contributed by atoms with Crippen LogP contribution in [0.2, 0.25) is 0 Å². The predicted octanol–water partition coefficient (Wildman–Crippen LogP) is -0.00180. The molecule has 0 aliphatic rings. The molecular weight excluding hydrogens is 166 g/mol. The first-order valence-corrected chi connectivity index (χ1v) is 4.62. The van der Waals surface area contributed by atoms with Crippen molar-refractivity contribution in [1.82, 2.24) is 25.5 Å². The summed E-state index contributed by atoms with van der Waals surface area (Å²) in [6.45, 7) is 6.34. The van der Waals surface area contributed by atoms with Gasteiger partial charge < -0.3 is 5.32 Å². The van der Waals surface area contributed by atoms with Gasteiger partial charge in [0.25, 0.3) is 0 Å². The minimum Gasteiger partial charge on any atom is -0.316 e. The Bertz CT molecular complexity index is 242. The average molecular weight is 183 g/mol. The van der Waals surface area contributed by atoms with Crippen LogP contribution in [-0.2, 0) is 13.5 Å². The molecule has 0 saturated heterocycles. The van der Waals surface area contributed by atoms with Gasteiger partial charge in [0.05, 0.1) is 7.05 Å². The third kappa shape index (κ3) is 3.98. The summed E-state index contributed by atoms with van der Waals surface area (Å²) in [5.74, 6) is 1.49. The van der Waals surface area contributed by atoms with Crippen molar-refractivity contribution in [2.45, 2.75) is 20.3 Å². The molecule has 5 heteroatoms. The molecular formula is C8H17N5. The van der Waals surface area contributed by atoms with E-state index in [1.54, 1.807) is 7.05 Å². The van der Waals surface area contributed by atoms with E-state index in [1.807, 2.05) is 0 Å². The molecule has 0 fully saturated rings. The minimum absolute atomic E-state index is 0.690. The topological polar surface area (TPSA) is 55.6 Å². The smallest absolute Gasteiger partial charge is 0.176 e. The highest BCUT2D eigenvalue weighted by Crippen LogP contribution is 1.88.